The van der Waals surface area contributed by atoms with Crippen molar-refractivity contribution in [1.29, 1.82) is 0 Å². The van der Waals surface area contributed by atoms with Gasteiger partial charge in [-0.05, 0) is 30.7 Å². The summed E-state index contributed by atoms with van der Waals surface area (Å²) >= 11 is 0. The van der Waals surface area contributed by atoms with Crippen LogP contribution >= 0.6 is 0 Å². The van der Waals surface area contributed by atoms with Crippen molar-refractivity contribution in [3.63, 3.8) is 0 Å². The van der Waals surface area contributed by atoms with Gasteiger partial charge in [-0.2, -0.15) is 0 Å². The summed E-state index contributed by atoms with van der Waals surface area (Å²) in [7, 11) is 1.34. The highest BCUT2D eigenvalue weighted by Gasteiger charge is 2.27. The lowest BCUT2D eigenvalue weighted by Gasteiger charge is -2.32. The Bertz CT molecular complexity index is 513. The van der Waals surface area contributed by atoms with E-state index in [4.69, 9.17) is 10.5 Å². The van der Waals surface area contributed by atoms with Gasteiger partial charge >= 0.3 is 12.1 Å². The Labute approximate surface area is 136 Å². The highest BCUT2D eigenvalue weighted by Crippen LogP contribution is 2.22. The van der Waals surface area contributed by atoms with Crippen molar-refractivity contribution in [2.45, 2.75) is 31.9 Å². The molecule has 6 heteroatoms. The quantitative estimate of drug-likeness (QED) is 0.838. The van der Waals surface area contributed by atoms with E-state index in [1.165, 1.54) is 7.11 Å². The minimum atomic E-state index is -0.582. The lowest BCUT2D eigenvalue weighted by atomic mass is 9.90. The van der Waals surface area contributed by atoms with Gasteiger partial charge in [0.15, 0.2) is 0 Å². The van der Waals surface area contributed by atoms with Crippen LogP contribution in [0.1, 0.15) is 24.8 Å². The summed E-state index contributed by atoms with van der Waals surface area (Å²) in [5, 5.41) is 0. The molecular weight excluding hydrogens is 296 g/mol. The van der Waals surface area contributed by atoms with E-state index in [2.05, 4.69) is 4.74 Å². The molecule has 2 N–H and O–H groups in total. The number of benzene rings is 1. The smallest absolute Gasteiger partial charge is 0.410 e. The maximum Gasteiger partial charge on any atom is 0.410 e. The summed E-state index contributed by atoms with van der Waals surface area (Å²) in [6.45, 7) is 1.55. The highest BCUT2D eigenvalue weighted by molar-refractivity contribution is 5.75. The maximum absolute atomic E-state index is 12.1. The lowest BCUT2D eigenvalue weighted by Crippen LogP contribution is -2.41. The van der Waals surface area contributed by atoms with Crippen LogP contribution in [0, 0.1) is 5.92 Å². The van der Waals surface area contributed by atoms with Crippen molar-refractivity contribution in [3.8, 4) is 0 Å². The van der Waals surface area contributed by atoms with E-state index in [0.29, 0.717) is 25.4 Å². The molecule has 0 saturated carbocycles. The fourth-order valence-corrected chi connectivity index (χ4v) is 2.77. The standard InChI is InChI=1S/C17H24N2O4/c1-22-16(20)15(18)11-13-7-9-19(10-8-13)17(21)23-12-14-5-3-2-4-6-14/h2-6,13,15H,7-12,18H2,1H3/t15-/m1/s1. The Hall–Kier alpha value is -2.08. The molecule has 1 aliphatic heterocycles. The van der Waals surface area contributed by atoms with E-state index >= 15 is 0 Å². The van der Waals surface area contributed by atoms with Crippen LogP contribution in [0.5, 0.6) is 0 Å². The van der Waals surface area contributed by atoms with Gasteiger partial charge in [0.1, 0.15) is 12.6 Å². The molecule has 6 nitrogen and oxygen atoms in total. The first-order chi connectivity index (χ1) is 11.1. The van der Waals surface area contributed by atoms with E-state index < -0.39 is 6.04 Å². The molecule has 1 fully saturated rings. The highest BCUT2D eigenvalue weighted by atomic mass is 16.6. The number of carbonyl (C=O) groups excluding carboxylic acids is 2. The van der Waals surface area contributed by atoms with E-state index in [9.17, 15) is 9.59 Å². The van der Waals surface area contributed by atoms with Gasteiger partial charge in [-0.25, -0.2) is 4.79 Å². The van der Waals surface area contributed by atoms with Crippen LogP contribution in [0.4, 0.5) is 4.79 Å². The van der Waals surface area contributed by atoms with Crippen LogP contribution < -0.4 is 5.73 Å². The van der Waals surface area contributed by atoms with Gasteiger partial charge in [0.05, 0.1) is 7.11 Å². The number of nitrogens with zero attached hydrogens (tertiary/aromatic N) is 1. The number of amides is 1. The predicted molar refractivity (Wildman–Crippen MR) is 85.5 cm³/mol. The van der Waals surface area contributed by atoms with Gasteiger partial charge in [-0.1, -0.05) is 30.3 Å². The average Bonchev–Trinajstić information content (AvgIpc) is 2.60. The van der Waals surface area contributed by atoms with Gasteiger partial charge in [0, 0.05) is 13.1 Å². The molecule has 1 aromatic rings. The van der Waals surface area contributed by atoms with E-state index in [-0.39, 0.29) is 18.7 Å². The maximum atomic E-state index is 12.1. The van der Waals surface area contributed by atoms with Gasteiger partial charge in [0.2, 0.25) is 0 Å². The molecule has 1 atom stereocenters. The fourth-order valence-electron chi connectivity index (χ4n) is 2.77. The number of esters is 1. The van der Waals surface area contributed by atoms with Crippen molar-refractivity contribution in [2.24, 2.45) is 11.7 Å². The predicted octanol–water partition coefficient (Wildman–Crippen LogP) is 1.93. The van der Waals surface area contributed by atoms with Crippen molar-refractivity contribution >= 4 is 12.1 Å². The number of methoxy groups -OCH3 is 1. The van der Waals surface area contributed by atoms with E-state index in [1.54, 1.807) is 4.90 Å². The van der Waals surface area contributed by atoms with Gasteiger partial charge in [0.25, 0.3) is 0 Å². The molecule has 0 bridgehead atoms. The molecule has 1 heterocycles. The molecule has 0 radical (unpaired) electrons. The summed E-state index contributed by atoms with van der Waals surface area (Å²) in [5.41, 5.74) is 6.76. The van der Waals surface area contributed by atoms with Crippen LogP contribution in [0.25, 0.3) is 0 Å². The Kier molecular flexibility index (Phi) is 6.40. The minimum Gasteiger partial charge on any atom is -0.468 e. The van der Waals surface area contributed by atoms with Crippen LogP contribution in [-0.4, -0.2) is 43.2 Å². The summed E-state index contributed by atoms with van der Waals surface area (Å²) in [6, 6.07) is 9.02. The van der Waals surface area contributed by atoms with Gasteiger partial charge in [-0.3, -0.25) is 4.79 Å². The summed E-state index contributed by atoms with van der Waals surface area (Å²) in [4.78, 5) is 25.1. The largest absolute Gasteiger partial charge is 0.468 e. The number of carbonyl (C=O) groups is 2. The lowest BCUT2D eigenvalue weighted by molar-refractivity contribution is -0.142. The first-order valence-corrected chi connectivity index (χ1v) is 7.89. The van der Waals surface area contributed by atoms with E-state index in [0.717, 1.165) is 18.4 Å². The van der Waals surface area contributed by atoms with Crippen molar-refractivity contribution in [3.05, 3.63) is 35.9 Å². The summed E-state index contributed by atoms with van der Waals surface area (Å²) in [6.07, 6.45) is 1.96. The van der Waals surface area contributed by atoms with Crippen molar-refractivity contribution in [1.82, 2.24) is 4.90 Å². The van der Waals surface area contributed by atoms with Crippen LogP contribution in [0.2, 0.25) is 0 Å². The molecule has 1 aromatic carbocycles. The average molecular weight is 320 g/mol. The minimum absolute atomic E-state index is 0.285. The zero-order valence-electron chi connectivity index (χ0n) is 13.4. The van der Waals surface area contributed by atoms with Crippen LogP contribution in [0.3, 0.4) is 0 Å². The molecule has 1 amide bonds. The molecule has 0 aliphatic carbocycles. The Balaban J connectivity index is 1.71. The van der Waals surface area contributed by atoms with Crippen LogP contribution in [0.15, 0.2) is 30.3 Å². The third-order valence-electron chi connectivity index (χ3n) is 4.17. The molecule has 126 valence electrons. The number of ether oxygens (including phenoxy) is 2. The molecular formula is C17H24N2O4. The molecule has 1 aliphatic rings. The monoisotopic (exact) mass is 320 g/mol. The second-order valence-electron chi connectivity index (χ2n) is 5.84. The Morgan fingerprint density at radius 3 is 2.52 bits per heavy atom. The Morgan fingerprint density at radius 1 is 1.26 bits per heavy atom. The van der Waals surface area contributed by atoms with Gasteiger partial charge < -0.3 is 20.1 Å². The molecule has 23 heavy (non-hydrogen) atoms. The third kappa shape index (κ3) is 5.25. The summed E-state index contributed by atoms with van der Waals surface area (Å²) < 4.78 is 9.97. The molecule has 2 rings (SSSR count). The second-order valence-corrected chi connectivity index (χ2v) is 5.84. The number of piperidine rings is 1. The number of nitrogens with two attached hydrogens (primary N) is 1. The topological polar surface area (TPSA) is 81.9 Å². The first-order valence-electron chi connectivity index (χ1n) is 7.89. The normalized spacial score (nSPS) is 16.7. The third-order valence-corrected chi connectivity index (χ3v) is 4.17. The SMILES string of the molecule is COC(=O)[C@H](N)CC1CCN(C(=O)OCc2ccccc2)CC1. The molecule has 0 aromatic heterocycles. The molecule has 0 unspecified atom stereocenters. The van der Waals surface area contributed by atoms with Crippen LogP contribution in [-0.2, 0) is 20.9 Å². The number of hydrogen-bond donors (Lipinski definition) is 1. The van der Waals surface area contributed by atoms with Crippen molar-refractivity contribution in [2.75, 3.05) is 20.2 Å². The fraction of sp³-hybridized carbons (Fsp3) is 0.529. The van der Waals surface area contributed by atoms with Crippen molar-refractivity contribution < 1.29 is 19.1 Å². The molecule has 0 spiro atoms. The van der Waals surface area contributed by atoms with Gasteiger partial charge in [-0.15, -0.1) is 0 Å². The zero-order chi connectivity index (χ0) is 16.7. The number of likely N-dealkylation sites (tertiary alicyclic amines) is 1. The second kappa shape index (κ2) is 8.53. The molecule has 1 saturated heterocycles. The summed E-state index contributed by atoms with van der Waals surface area (Å²) in [5.74, 6) is -0.0445. The zero-order valence-corrected chi connectivity index (χ0v) is 13.4. The Morgan fingerprint density at radius 2 is 1.91 bits per heavy atom. The number of hydrogen-bond acceptors (Lipinski definition) is 5. The van der Waals surface area contributed by atoms with E-state index in [1.807, 2.05) is 30.3 Å². The first kappa shape index (κ1) is 17.3. The number of rotatable bonds is 5.